The Morgan fingerprint density at radius 3 is 2.71 bits per heavy atom. The van der Waals surface area contributed by atoms with Crippen LogP contribution in [0.4, 0.5) is 0 Å². The molecule has 1 saturated heterocycles. The van der Waals surface area contributed by atoms with Gasteiger partial charge >= 0.3 is 5.97 Å². The Bertz CT molecular complexity index is 399. The molecule has 17 heavy (non-hydrogen) atoms. The molecule has 3 nitrogen and oxygen atoms in total. The molecule has 0 saturated carbocycles. The van der Waals surface area contributed by atoms with Crippen LogP contribution in [0.3, 0.4) is 0 Å². The predicted octanol–water partition coefficient (Wildman–Crippen LogP) is 3.37. The van der Waals surface area contributed by atoms with Crippen molar-refractivity contribution in [1.29, 1.82) is 0 Å². The summed E-state index contributed by atoms with van der Waals surface area (Å²) in [6.07, 6.45) is 1.54. The molecule has 1 unspecified atom stereocenters. The number of aliphatic carboxylic acids is 1. The summed E-state index contributed by atoms with van der Waals surface area (Å²) < 4.78 is 1.13. The molecule has 0 aliphatic carbocycles. The monoisotopic (exact) mass is 317 g/mol. The minimum absolute atomic E-state index is 0.145. The zero-order valence-electron chi connectivity index (χ0n) is 9.73. The molecule has 0 radical (unpaired) electrons. The second-order valence-corrected chi connectivity index (χ2v) is 6.35. The van der Waals surface area contributed by atoms with Gasteiger partial charge in [-0.2, -0.15) is 0 Å². The molecule has 1 N–H and O–H groups in total. The number of halogens is 1. The van der Waals surface area contributed by atoms with E-state index in [1.165, 1.54) is 4.88 Å². The Kier molecular flexibility index (Phi) is 4.22. The molecule has 1 aromatic rings. The first-order valence-electron chi connectivity index (χ1n) is 5.78. The summed E-state index contributed by atoms with van der Waals surface area (Å²) in [5, 5.41) is 11.1. The number of likely N-dealkylation sites (tertiary alicyclic amines) is 1. The lowest BCUT2D eigenvalue weighted by Crippen LogP contribution is -2.37. The molecule has 1 fully saturated rings. The van der Waals surface area contributed by atoms with Crippen molar-refractivity contribution in [3.63, 3.8) is 0 Å². The van der Waals surface area contributed by atoms with Gasteiger partial charge in [-0.05, 0) is 54.9 Å². The maximum absolute atomic E-state index is 10.9. The number of nitrogens with zero attached hydrogens (tertiary/aromatic N) is 1. The zero-order chi connectivity index (χ0) is 12.4. The molecule has 1 aliphatic heterocycles. The number of carboxylic acids is 1. The Morgan fingerprint density at radius 2 is 2.24 bits per heavy atom. The molecule has 94 valence electrons. The molecule has 1 aromatic heterocycles. The molecule has 0 aromatic carbocycles. The topological polar surface area (TPSA) is 40.5 Å². The van der Waals surface area contributed by atoms with Gasteiger partial charge in [0.05, 0.1) is 5.92 Å². The quantitative estimate of drug-likeness (QED) is 0.929. The molecule has 0 bridgehead atoms. The van der Waals surface area contributed by atoms with E-state index in [9.17, 15) is 4.79 Å². The Labute approximate surface area is 114 Å². The summed E-state index contributed by atoms with van der Waals surface area (Å²) in [6.45, 7) is 3.96. The van der Waals surface area contributed by atoms with Crippen LogP contribution in [0.25, 0.3) is 0 Å². The van der Waals surface area contributed by atoms with Crippen LogP contribution in [0.5, 0.6) is 0 Å². The van der Waals surface area contributed by atoms with Crippen molar-refractivity contribution in [3.8, 4) is 0 Å². The first-order chi connectivity index (χ1) is 8.08. The maximum atomic E-state index is 10.9. The molecule has 5 heteroatoms. The highest BCUT2D eigenvalue weighted by Crippen LogP contribution is 2.31. The standard InChI is InChI=1S/C12H16BrNO2S/c1-8(11-6-10(13)7-17-11)14-4-2-9(3-5-14)12(15)16/h6-9H,2-5H2,1H3,(H,15,16). The van der Waals surface area contributed by atoms with E-state index in [1.807, 2.05) is 0 Å². The fourth-order valence-corrected chi connectivity index (χ4v) is 3.80. The third kappa shape index (κ3) is 3.09. The van der Waals surface area contributed by atoms with Crippen LogP contribution in [0, 0.1) is 5.92 Å². The summed E-state index contributed by atoms with van der Waals surface area (Å²) in [4.78, 5) is 14.6. The van der Waals surface area contributed by atoms with Gasteiger partial charge in [0.15, 0.2) is 0 Å². The predicted molar refractivity (Wildman–Crippen MR) is 72.4 cm³/mol. The number of hydrogen-bond acceptors (Lipinski definition) is 3. The normalized spacial score (nSPS) is 20.4. The Hall–Kier alpha value is -0.390. The third-order valence-electron chi connectivity index (χ3n) is 3.43. The highest BCUT2D eigenvalue weighted by Gasteiger charge is 2.27. The summed E-state index contributed by atoms with van der Waals surface area (Å²) >= 11 is 5.22. The lowest BCUT2D eigenvalue weighted by molar-refractivity contribution is -0.143. The minimum Gasteiger partial charge on any atom is -0.481 e. The average Bonchev–Trinajstić information content (AvgIpc) is 2.75. The second-order valence-electron chi connectivity index (χ2n) is 4.49. The van der Waals surface area contributed by atoms with Crippen LogP contribution in [0.1, 0.15) is 30.7 Å². The van der Waals surface area contributed by atoms with Crippen molar-refractivity contribution in [2.24, 2.45) is 5.92 Å². The third-order valence-corrected chi connectivity index (χ3v) is 5.29. The number of piperidine rings is 1. The van der Waals surface area contributed by atoms with Crippen molar-refractivity contribution in [2.75, 3.05) is 13.1 Å². The van der Waals surface area contributed by atoms with E-state index in [-0.39, 0.29) is 5.92 Å². The molecule has 0 amide bonds. The lowest BCUT2D eigenvalue weighted by atomic mass is 9.96. The van der Waals surface area contributed by atoms with E-state index >= 15 is 0 Å². The highest BCUT2D eigenvalue weighted by molar-refractivity contribution is 9.10. The summed E-state index contributed by atoms with van der Waals surface area (Å²) in [7, 11) is 0. The van der Waals surface area contributed by atoms with Gasteiger partial charge in [0.2, 0.25) is 0 Å². The fourth-order valence-electron chi connectivity index (χ4n) is 2.26. The van der Waals surface area contributed by atoms with Crippen LogP contribution in [-0.2, 0) is 4.79 Å². The second kappa shape index (κ2) is 5.50. The smallest absolute Gasteiger partial charge is 0.306 e. The first-order valence-corrected chi connectivity index (χ1v) is 7.46. The number of hydrogen-bond donors (Lipinski definition) is 1. The van der Waals surface area contributed by atoms with Crippen LogP contribution in [0.15, 0.2) is 15.9 Å². The van der Waals surface area contributed by atoms with Crippen LogP contribution in [0.2, 0.25) is 0 Å². The minimum atomic E-state index is -0.642. The van der Waals surface area contributed by atoms with Crippen molar-refractivity contribution in [3.05, 3.63) is 20.8 Å². The first kappa shape index (κ1) is 13.1. The molecule has 1 aliphatic rings. The molecule has 2 rings (SSSR count). The van der Waals surface area contributed by atoms with Crippen LogP contribution in [-0.4, -0.2) is 29.1 Å². The van der Waals surface area contributed by atoms with Crippen LogP contribution < -0.4 is 0 Å². The molecular weight excluding hydrogens is 302 g/mol. The van der Waals surface area contributed by atoms with Gasteiger partial charge in [-0.1, -0.05) is 0 Å². The number of rotatable bonds is 3. The van der Waals surface area contributed by atoms with E-state index in [0.717, 1.165) is 30.4 Å². The van der Waals surface area contributed by atoms with E-state index in [2.05, 4.69) is 39.2 Å². The Morgan fingerprint density at radius 1 is 1.59 bits per heavy atom. The van der Waals surface area contributed by atoms with Gasteiger partial charge in [0.1, 0.15) is 0 Å². The van der Waals surface area contributed by atoms with Crippen molar-refractivity contribution >= 4 is 33.2 Å². The fraction of sp³-hybridized carbons (Fsp3) is 0.583. The summed E-state index contributed by atoms with van der Waals surface area (Å²) in [6, 6.07) is 2.54. The van der Waals surface area contributed by atoms with Crippen molar-refractivity contribution in [2.45, 2.75) is 25.8 Å². The van der Waals surface area contributed by atoms with Gasteiger partial charge in [-0.15, -0.1) is 11.3 Å². The van der Waals surface area contributed by atoms with Gasteiger partial charge in [0, 0.05) is 20.8 Å². The SMILES string of the molecule is CC(c1cc(Br)cs1)N1CCC(C(=O)O)CC1. The van der Waals surface area contributed by atoms with Crippen molar-refractivity contribution in [1.82, 2.24) is 4.90 Å². The molecule has 0 spiro atoms. The largest absolute Gasteiger partial charge is 0.481 e. The number of carbonyl (C=O) groups is 1. The van der Waals surface area contributed by atoms with Crippen molar-refractivity contribution < 1.29 is 9.90 Å². The zero-order valence-corrected chi connectivity index (χ0v) is 12.1. The lowest BCUT2D eigenvalue weighted by Gasteiger charge is -2.34. The van der Waals surface area contributed by atoms with E-state index in [0.29, 0.717) is 6.04 Å². The van der Waals surface area contributed by atoms with Crippen LogP contribution >= 0.6 is 27.3 Å². The molecule has 1 atom stereocenters. The van der Waals surface area contributed by atoms with E-state index < -0.39 is 5.97 Å². The summed E-state index contributed by atoms with van der Waals surface area (Å²) in [5.74, 6) is -0.787. The van der Waals surface area contributed by atoms with E-state index in [4.69, 9.17) is 5.11 Å². The summed E-state index contributed by atoms with van der Waals surface area (Å²) in [5.41, 5.74) is 0. The number of thiophene rings is 1. The van der Waals surface area contributed by atoms with Gasteiger partial charge in [-0.3, -0.25) is 9.69 Å². The average molecular weight is 318 g/mol. The maximum Gasteiger partial charge on any atom is 0.306 e. The number of carboxylic acid groups (broad SMARTS) is 1. The Balaban J connectivity index is 1.94. The molecule has 2 heterocycles. The van der Waals surface area contributed by atoms with Gasteiger partial charge < -0.3 is 5.11 Å². The highest BCUT2D eigenvalue weighted by atomic mass is 79.9. The van der Waals surface area contributed by atoms with E-state index in [1.54, 1.807) is 11.3 Å². The van der Waals surface area contributed by atoms with Gasteiger partial charge in [0.25, 0.3) is 0 Å². The van der Waals surface area contributed by atoms with Gasteiger partial charge in [-0.25, -0.2) is 0 Å². The molecular formula is C12H16BrNO2S.